The first-order valence-electron chi connectivity index (χ1n) is 5.19. The van der Waals surface area contributed by atoms with Crippen LogP contribution in [-0.4, -0.2) is 25.7 Å². The van der Waals surface area contributed by atoms with Gasteiger partial charge in [0.25, 0.3) is 0 Å². The Morgan fingerprint density at radius 1 is 1.46 bits per heavy atom. The maximum Gasteiger partial charge on any atom is 0.305 e. The van der Waals surface area contributed by atoms with Crippen molar-refractivity contribution in [2.45, 2.75) is 32.6 Å². The molecule has 0 aromatic rings. The van der Waals surface area contributed by atoms with E-state index in [4.69, 9.17) is 4.74 Å². The van der Waals surface area contributed by atoms with Crippen LogP contribution in [-0.2, 0) is 9.53 Å². The van der Waals surface area contributed by atoms with Crippen LogP contribution in [0.3, 0.4) is 0 Å². The van der Waals surface area contributed by atoms with Crippen molar-refractivity contribution in [2.75, 3.05) is 19.7 Å². The molecule has 0 saturated carbocycles. The average molecular weight is 185 g/mol. The number of hydrogen-bond acceptors (Lipinski definition) is 3. The molecule has 0 radical (unpaired) electrons. The van der Waals surface area contributed by atoms with Crippen LogP contribution in [0.4, 0.5) is 0 Å². The van der Waals surface area contributed by atoms with Crippen LogP contribution >= 0.6 is 0 Å². The van der Waals surface area contributed by atoms with Crippen LogP contribution < -0.4 is 5.32 Å². The van der Waals surface area contributed by atoms with Gasteiger partial charge in [-0.3, -0.25) is 4.79 Å². The van der Waals surface area contributed by atoms with Gasteiger partial charge in [0.2, 0.25) is 0 Å². The third-order valence-corrected chi connectivity index (χ3v) is 2.52. The van der Waals surface area contributed by atoms with Gasteiger partial charge in [0.05, 0.1) is 6.61 Å². The van der Waals surface area contributed by atoms with Crippen LogP contribution in [0.15, 0.2) is 0 Å². The summed E-state index contributed by atoms with van der Waals surface area (Å²) in [5, 5.41) is 3.31. The molecule has 3 heteroatoms. The largest absolute Gasteiger partial charge is 0.466 e. The van der Waals surface area contributed by atoms with Crippen molar-refractivity contribution in [3.05, 3.63) is 0 Å². The van der Waals surface area contributed by atoms with E-state index < -0.39 is 0 Å². The van der Waals surface area contributed by atoms with Crippen LogP contribution in [0.1, 0.15) is 32.6 Å². The van der Waals surface area contributed by atoms with Crippen molar-refractivity contribution in [1.29, 1.82) is 0 Å². The van der Waals surface area contributed by atoms with Gasteiger partial charge in [0.15, 0.2) is 0 Å². The number of nitrogens with one attached hydrogen (secondary N) is 1. The van der Waals surface area contributed by atoms with Gasteiger partial charge < -0.3 is 10.1 Å². The summed E-state index contributed by atoms with van der Waals surface area (Å²) in [5.41, 5.74) is 0. The van der Waals surface area contributed by atoms with Gasteiger partial charge in [0.1, 0.15) is 0 Å². The minimum absolute atomic E-state index is 0.0407. The van der Waals surface area contributed by atoms with E-state index in [1.54, 1.807) is 0 Å². The number of ether oxygens (including phenoxy) is 1. The van der Waals surface area contributed by atoms with Gasteiger partial charge in [-0.25, -0.2) is 0 Å². The molecule has 1 saturated heterocycles. The third-order valence-electron chi connectivity index (χ3n) is 2.52. The molecule has 3 nitrogen and oxygen atoms in total. The molecule has 0 amide bonds. The molecule has 1 aliphatic rings. The molecule has 76 valence electrons. The van der Waals surface area contributed by atoms with Gasteiger partial charge >= 0.3 is 5.97 Å². The van der Waals surface area contributed by atoms with Crippen LogP contribution in [0.2, 0.25) is 0 Å². The number of hydrogen-bond donors (Lipinski definition) is 1. The molecule has 1 rings (SSSR count). The smallest absolute Gasteiger partial charge is 0.305 e. The van der Waals surface area contributed by atoms with Crippen molar-refractivity contribution in [3.63, 3.8) is 0 Å². The predicted molar refractivity (Wildman–Crippen MR) is 51.5 cm³/mol. The van der Waals surface area contributed by atoms with E-state index in [-0.39, 0.29) is 5.97 Å². The Morgan fingerprint density at radius 2 is 2.15 bits per heavy atom. The normalized spacial score (nSPS) is 18.5. The zero-order valence-corrected chi connectivity index (χ0v) is 8.34. The van der Waals surface area contributed by atoms with Crippen molar-refractivity contribution < 1.29 is 9.53 Å². The summed E-state index contributed by atoms with van der Waals surface area (Å²) in [5.74, 6) is 0.687. The van der Waals surface area contributed by atoms with Gasteiger partial charge in [0, 0.05) is 6.42 Å². The minimum atomic E-state index is -0.0407. The average Bonchev–Trinajstić information content (AvgIpc) is 2.17. The van der Waals surface area contributed by atoms with Crippen molar-refractivity contribution in [3.8, 4) is 0 Å². The molecule has 0 bridgehead atoms. The Kier molecular flexibility index (Phi) is 4.83. The fourth-order valence-electron chi connectivity index (χ4n) is 1.73. The number of esters is 1. The second-order valence-electron chi connectivity index (χ2n) is 3.54. The molecule has 0 atom stereocenters. The summed E-state index contributed by atoms with van der Waals surface area (Å²) < 4.78 is 4.88. The van der Waals surface area contributed by atoms with Gasteiger partial charge in [-0.15, -0.1) is 0 Å². The number of rotatable bonds is 4. The van der Waals surface area contributed by atoms with Crippen LogP contribution in [0.5, 0.6) is 0 Å². The lowest BCUT2D eigenvalue weighted by Gasteiger charge is -2.21. The molecule has 0 aromatic heterocycles. The first-order valence-corrected chi connectivity index (χ1v) is 5.19. The standard InChI is InChI=1S/C10H19NO2/c1-2-13-10(12)4-3-9-5-7-11-8-6-9/h9,11H,2-8H2,1H3. The van der Waals surface area contributed by atoms with Crippen molar-refractivity contribution in [1.82, 2.24) is 5.32 Å². The van der Waals surface area contributed by atoms with E-state index in [0.29, 0.717) is 13.0 Å². The summed E-state index contributed by atoms with van der Waals surface area (Å²) in [4.78, 5) is 11.0. The van der Waals surface area contributed by atoms with Crippen LogP contribution in [0.25, 0.3) is 0 Å². The maximum atomic E-state index is 11.0. The Hall–Kier alpha value is -0.570. The highest BCUT2D eigenvalue weighted by atomic mass is 16.5. The molecule has 13 heavy (non-hydrogen) atoms. The summed E-state index contributed by atoms with van der Waals surface area (Å²) in [6, 6.07) is 0. The van der Waals surface area contributed by atoms with Crippen molar-refractivity contribution >= 4 is 5.97 Å². The van der Waals surface area contributed by atoms with Gasteiger partial charge in [-0.2, -0.15) is 0 Å². The summed E-state index contributed by atoms with van der Waals surface area (Å²) in [6.07, 6.45) is 4.01. The summed E-state index contributed by atoms with van der Waals surface area (Å²) >= 11 is 0. The molecule has 1 N–H and O–H groups in total. The third kappa shape index (κ3) is 4.27. The molecular weight excluding hydrogens is 166 g/mol. The van der Waals surface area contributed by atoms with Gasteiger partial charge in [-0.1, -0.05) is 0 Å². The Bertz CT molecular complexity index is 153. The van der Waals surface area contributed by atoms with E-state index in [2.05, 4.69) is 5.32 Å². The van der Waals surface area contributed by atoms with Gasteiger partial charge in [-0.05, 0) is 45.2 Å². The molecule has 1 heterocycles. The first kappa shape index (κ1) is 10.5. The highest BCUT2D eigenvalue weighted by Gasteiger charge is 2.14. The Balaban J connectivity index is 2.06. The lowest BCUT2D eigenvalue weighted by Crippen LogP contribution is -2.28. The van der Waals surface area contributed by atoms with Crippen molar-refractivity contribution in [2.24, 2.45) is 5.92 Å². The molecular formula is C10H19NO2. The zero-order valence-electron chi connectivity index (χ0n) is 8.34. The van der Waals surface area contributed by atoms with E-state index in [9.17, 15) is 4.79 Å². The van der Waals surface area contributed by atoms with Crippen LogP contribution in [0, 0.1) is 5.92 Å². The second kappa shape index (κ2) is 5.97. The quantitative estimate of drug-likeness (QED) is 0.671. The number of piperidine rings is 1. The lowest BCUT2D eigenvalue weighted by atomic mass is 9.93. The molecule has 0 spiro atoms. The predicted octanol–water partition coefficient (Wildman–Crippen LogP) is 1.33. The van der Waals surface area contributed by atoms with E-state index >= 15 is 0 Å². The summed E-state index contributed by atoms with van der Waals surface area (Å²) in [7, 11) is 0. The zero-order chi connectivity index (χ0) is 9.52. The highest BCUT2D eigenvalue weighted by Crippen LogP contribution is 2.17. The second-order valence-corrected chi connectivity index (χ2v) is 3.54. The minimum Gasteiger partial charge on any atom is -0.466 e. The maximum absolute atomic E-state index is 11.0. The topological polar surface area (TPSA) is 38.3 Å². The fourth-order valence-corrected chi connectivity index (χ4v) is 1.73. The molecule has 0 aliphatic carbocycles. The van der Waals surface area contributed by atoms with E-state index in [1.807, 2.05) is 6.92 Å². The lowest BCUT2D eigenvalue weighted by molar-refractivity contribution is -0.143. The van der Waals surface area contributed by atoms with E-state index in [1.165, 1.54) is 12.8 Å². The molecule has 1 fully saturated rings. The SMILES string of the molecule is CCOC(=O)CCC1CCNCC1. The fraction of sp³-hybridized carbons (Fsp3) is 0.900. The first-order chi connectivity index (χ1) is 6.33. The number of carbonyl (C=O) groups is 1. The highest BCUT2D eigenvalue weighted by molar-refractivity contribution is 5.69. The number of carbonyl (C=O) groups excluding carboxylic acids is 1. The monoisotopic (exact) mass is 185 g/mol. The Labute approximate surface area is 79.8 Å². The van der Waals surface area contributed by atoms with E-state index in [0.717, 1.165) is 25.4 Å². The summed E-state index contributed by atoms with van der Waals surface area (Å²) in [6.45, 7) is 4.56. The Morgan fingerprint density at radius 3 is 2.77 bits per heavy atom. The molecule has 1 aliphatic heterocycles. The molecule has 0 aromatic carbocycles. The molecule has 0 unspecified atom stereocenters.